The van der Waals surface area contributed by atoms with Crippen molar-refractivity contribution in [2.75, 3.05) is 28.9 Å². The molecule has 5 rings (SSSR count). The van der Waals surface area contributed by atoms with Crippen LogP contribution in [0.1, 0.15) is 55.5 Å². The summed E-state index contributed by atoms with van der Waals surface area (Å²) in [6.07, 6.45) is 6.06. The molecule has 1 atom stereocenters. The molecule has 6 N–H and O–H groups in total. The number of hydrogen-bond donors (Lipinski definition) is 5. The first-order valence-electron chi connectivity index (χ1n) is 15.2. The molecule has 0 bridgehead atoms. The Bertz CT molecular complexity index is 1660. The number of aromatic nitrogens is 1. The first kappa shape index (κ1) is 31.0. The summed E-state index contributed by atoms with van der Waals surface area (Å²) in [5, 5.41) is 9.12. The molecule has 1 aliphatic rings. The Morgan fingerprint density at radius 1 is 0.886 bits per heavy atom. The number of urea groups is 1. The lowest BCUT2D eigenvalue weighted by molar-refractivity contribution is 0.252. The predicted molar refractivity (Wildman–Crippen MR) is 177 cm³/mol. The number of pyridine rings is 1. The van der Waals surface area contributed by atoms with Crippen molar-refractivity contribution in [1.29, 1.82) is 0 Å². The highest BCUT2D eigenvalue weighted by Gasteiger charge is 2.22. The van der Waals surface area contributed by atoms with E-state index in [4.69, 9.17) is 5.73 Å². The van der Waals surface area contributed by atoms with Gasteiger partial charge in [0.1, 0.15) is 5.82 Å². The molecule has 44 heavy (non-hydrogen) atoms. The summed E-state index contributed by atoms with van der Waals surface area (Å²) >= 11 is 0. The highest BCUT2D eigenvalue weighted by Crippen LogP contribution is 2.28. The van der Waals surface area contributed by atoms with E-state index in [2.05, 4.69) is 62.9 Å². The van der Waals surface area contributed by atoms with Gasteiger partial charge in [-0.3, -0.25) is 4.72 Å². The molecule has 2 amide bonds. The molecule has 1 aromatic heterocycles. The molecule has 230 valence electrons. The number of rotatable bonds is 12. The molecule has 0 aliphatic carbocycles. The quantitative estimate of drug-likeness (QED) is 0.120. The minimum Gasteiger partial charge on any atom is -0.384 e. The van der Waals surface area contributed by atoms with Gasteiger partial charge in [0, 0.05) is 17.9 Å². The van der Waals surface area contributed by atoms with Crippen LogP contribution in [-0.4, -0.2) is 32.5 Å². The van der Waals surface area contributed by atoms with Gasteiger partial charge >= 0.3 is 6.03 Å². The number of amides is 2. The van der Waals surface area contributed by atoms with E-state index in [0.29, 0.717) is 23.7 Å². The van der Waals surface area contributed by atoms with E-state index in [1.54, 1.807) is 24.3 Å². The molecular formula is C34H40N6O3S. The lowest BCUT2D eigenvalue weighted by Gasteiger charge is -2.26. The van der Waals surface area contributed by atoms with Crippen molar-refractivity contribution in [2.24, 2.45) is 0 Å². The van der Waals surface area contributed by atoms with Gasteiger partial charge in [-0.25, -0.2) is 18.2 Å². The third-order valence-electron chi connectivity index (χ3n) is 7.75. The third-order valence-corrected chi connectivity index (χ3v) is 9.15. The maximum Gasteiger partial charge on any atom is 0.319 e. The Balaban J connectivity index is 1.15. The van der Waals surface area contributed by atoms with Crippen LogP contribution in [0.3, 0.4) is 0 Å². The van der Waals surface area contributed by atoms with Crippen molar-refractivity contribution in [3.05, 3.63) is 102 Å². The van der Waals surface area contributed by atoms with E-state index >= 15 is 0 Å². The maximum absolute atomic E-state index is 13.0. The van der Waals surface area contributed by atoms with Crippen molar-refractivity contribution in [1.82, 2.24) is 15.6 Å². The first-order chi connectivity index (χ1) is 21.3. The average Bonchev–Trinajstić information content (AvgIpc) is 3.02. The van der Waals surface area contributed by atoms with Gasteiger partial charge < -0.3 is 21.7 Å². The van der Waals surface area contributed by atoms with Crippen LogP contribution in [-0.2, 0) is 22.9 Å². The maximum atomic E-state index is 13.0. The number of carbonyl (C=O) groups is 1. The van der Waals surface area contributed by atoms with Crippen LogP contribution in [0, 0.1) is 0 Å². The topological polar surface area (TPSA) is 138 Å². The Morgan fingerprint density at radius 3 is 2.27 bits per heavy atom. The number of nitrogens with two attached hydrogens (primary N) is 1. The number of carbonyl (C=O) groups excluding carboxylic acids is 1. The van der Waals surface area contributed by atoms with Gasteiger partial charge in [0.25, 0.3) is 10.0 Å². The third kappa shape index (κ3) is 8.15. The fourth-order valence-electron chi connectivity index (χ4n) is 5.34. The summed E-state index contributed by atoms with van der Waals surface area (Å²) in [5.41, 5.74) is 12.4. The smallest absolute Gasteiger partial charge is 0.319 e. The van der Waals surface area contributed by atoms with Crippen LogP contribution >= 0.6 is 0 Å². The van der Waals surface area contributed by atoms with Crippen molar-refractivity contribution in [3.8, 4) is 11.1 Å². The van der Waals surface area contributed by atoms with Crippen LogP contribution in [0.15, 0.2) is 89.8 Å². The van der Waals surface area contributed by atoms with Crippen LogP contribution in [0.4, 0.5) is 22.0 Å². The lowest BCUT2D eigenvalue weighted by Crippen LogP contribution is -2.32. The van der Waals surface area contributed by atoms with Crippen molar-refractivity contribution in [3.63, 3.8) is 0 Å². The molecule has 0 saturated carbocycles. The largest absolute Gasteiger partial charge is 0.384 e. The van der Waals surface area contributed by atoms with Crippen molar-refractivity contribution >= 4 is 33.2 Å². The second kappa shape index (κ2) is 14.4. The van der Waals surface area contributed by atoms with Crippen LogP contribution in [0.5, 0.6) is 0 Å². The highest BCUT2D eigenvalue weighted by atomic mass is 32.2. The van der Waals surface area contributed by atoms with E-state index in [0.717, 1.165) is 61.9 Å². The van der Waals surface area contributed by atoms with E-state index in [1.807, 2.05) is 18.2 Å². The predicted octanol–water partition coefficient (Wildman–Crippen LogP) is 6.26. The molecule has 1 unspecified atom stereocenters. The Morgan fingerprint density at radius 2 is 1.57 bits per heavy atom. The molecule has 0 saturated heterocycles. The highest BCUT2D eigenvalue weighted by molar-refractivity contribution is 7.92. The Labute approximate surface area is 259 Å². The van der Waals surface area contributed by atoms with Gasteiger partial charge in [0.15, 0.2) is 0 Å². The van der Waals surface area contributed by atoms with Crippen LogP contribution in [0.25, 0.3) is 11.1 Å². The zero-order valence-corrected chi connectivity index (χ0v) is 25.8. The number of nitrogens with zero attached hydrogens (tertiary/aromatic N) is 1. The zero-order chi connectivity index (χ0) is 30.9. The molecule has 0 radical (unpaired) electrons. The molecule has 0 fully saturated rings. The van der Waals surface area contributed by atoms with Crippen molar-refractivity contribution < 1.29 is 13.2 Å². The summed E-state index contributed by atoms with van der Waals surface area (Å²) in [7, 11) is -3.80. The van der Waals surface area contributed by atoms with E-state index in [-0.39, 0.29) is 17.0 Å². The fourth-order valence-corrected chi connectivity index (χ4v) is 6.40. The molecule has 10 heteroatoms. The standard InChI is InChI=1S/C34H40N6O3S/c1-2-3-4-5-21-37-34(41)38-28-15-17-30(18-16-28)44(42,43)40-29-13-10-26(11-14-29)25-8-6-24(7-9-25)23-31-33-27(20-22-36-31)12-19-32(35)39-33/h6-19,31,36,40H,2-5,20-23H2,1H3,(H2,35,39)(H2,37,38,41). The normalized spacial score (nSPS) is 14.4. The Kier molecular flexibility index (Phi) is 10.1. The summed E-state index contributed by atoms with van der Waals surface area (Å²) in [5.74, 6) is 0.540. The number of unbranched alkanes of at least 4 members (excludes halogenated alkanes) is 3. The number of anilines is 3. The van der Waals surface area contributed by atoms with Crippen molar-refractivity contribution in [2.45, 2.75) is 56.4 Å². The molecule has 4 aromatic rings. The Hall–Kier alpha value is -4.41. The number of sulfonamides is 1. The lowest BCUT2D eigenvalue weighted by atomic mass is 9.94. The molecule has 1 aliphatic heterocycles. The number of benzene rings is 3. The fraction of sp³-hybridized carbons (Fsp3) is 0.294. The minimum absolute atomic E-state index is 0.107. The summed E-state index contributed by atoms with van der Waals surface area (Å²) in [6, 6.07) is 25.5. The number of fused-ring (bicyclic) bond motifs is 1. The molecule has 2 heterocycles. The van der Waals surface area contributed by atoms with E-state index in [9.17, 15) is 13.2 Å². The summed E-state index contributed by atoms with van der Waals surface area (Å²) in [6.45, 7) is 3.66. The number of nitrogens with one attached hydrogen (secondary N) is 4. The molecule has 9 nitrogen and oxygen atoms in total. The summed E-state index contributed by atoms with van der Waals surface area (Å²) < 4.78 is 28.6. The number of nitrogen functional groups attached to an aromatic ring is 1. The van der Waals surface area contributed by atoms with Crippen LogP contribution < -0.4 is 26.4 Å². The average molecular weight is 613 g/mol. The van der Waals surface area contributed by atoms with Gasteiger partial charge in [0.05, 0.1) is 16.6 Å². The van der Waals surface area contributed by atoms with E-state index < -0.39 is 10.0 Å². The van der Waals surface area contributed by atoms with Gasteiger partial charge in [-0.1, -0.05) is 68.7 Å². The monoisotopic (exact) mass is 612 g/mol. The second-order valence-electron chi connectivity index (χ2n) is 11.1. The second-order valence-corrected chi connectivity index (χ2v) is 12.8. The molecule has 0 spiro atoms. The minimum atomic E-state index is -3.80. The summed E-state index contributed by atoms with van der Waals surface area (Å²) in [4.78, 5) is 16.8. The van der Waals surface area contributed by atoms with Gasteiger partial charge in [-0.05, 0) is 90.5 Å². The molecular weight excluding hydrogens is 572 g/mol. The SMILES string of the molecule is CCCCCCNC(=O)Nc1ccc(S(=O)(=O)Nc2ccc(-c3ccc(CC4NCCc5ccc(N)nc54)cc3)cc2)cc1. The zero-order valence-electron chi connectivity index (χ0n) is 25.0. The van der Waals surface area contributed by atoms with E-state index in [1.165, 1.54) is 23.3 Å². The van der Waals surface area contributed by atoms with Gasteiger partial charge in [-0.15, -0.1) is 0 Å². The van der Waals surface area contributed by atoms with Gasteiger partial charge in [-0.2, -0.15) is 0 Å². The first-order valence-corrected chi connectivity index (χ1v) is 16.6. The van der Waals surface area contributed by atoms with Gasteiger partial charge in [0.2, 0.25) is 0 Å². The molecule has 3 aromatic carbocycles. The number of hydrogen-bond acceptors (Lipinski definition) is 6. The van der Waals surface area contributed by atoms with Crippen LogP contribution in [0.2, 0.25) is 0 Å².